The number of hydrogen-bond acceptors (Lipinski definition) is 6. The van der Waals surface area contributed by atoms with Crippen LogP contribution in [-0.2, 0) is 11.3 Å². The lowest BCUT2D eigenvalue weighted by Crippen LogP contribution is -2.58. The lowest BCUT2D eigenvalue weighted by Gasteiger charge is -2.52. The fourth-order valence-corrected chi connectivity index (χ4v) is 6.23. The number of carboxylic acid groups (broad SMARTS) is 1. The van der Waals surface area contributed by atoms with Crippen LogP contribution in [0.25, 0.3) is 0 Å². The van der Waals surface area contributed by atoms with Crippen molar-refractivity contribution in [2.75, 3.05) is 36.4 Å². The van der Waals surface area contributed by atoms with Crippen molar-refractivity contribution < 1.29 is 9.90 Å². The Hall–Kier alpha value is -2.09. The van der Waals surface area contributed by atoms with E-state index in [4.69, 9.17) is 28.2 Å². The molecule has 3 heterocycles. The number of piperidine rings is 1. The maximum absolute atomic E-state index is 11.5. The van der Waals surface area contributed by atoms with Gasteiger partial charge in [-0.15, -0.1) is 0 Å². The van der Waals surface area contributed by atoms with E-state index in [1.54, 1.807) is 6.07 Å². The molecule has 35 heavy (non-hydrogen) atoms. The normalized spacial score (nSPS) is 27.3. The molecule has 5 rings (SSSR count). The highest BCUT2D eigenvalue weighted by atomic mass is 35.5. The van der Waals surface area contributed by atoms with E-state index in [9.17, 15) is 9.90 Å². The smallest absolute Gasteiger partial charge is 0.309 e. The van der Waals surface area contributed by atoms with Crippen LogP contribution in [0.15, 0.2) is 24.4 Å². The van der Waals surface area contributed by atoms with E-state index in [-0.39, 0.29) is 0 Å². The van der Waals surface area contributed by atoms with Crippen LogP contribution in [0, 0.1) is 24.2 Å². The second kappa shape index (κ2) is 9.75. The predicted molar refractivity (Wildman–Crippen MR) is 139 cm³/mol. The van der Waals surface area contributed by atoms with Gasteiger partial charge in [0.05, 0.1) is 5.41 Å². The number of likely N-dealkylation sites (tertiary alicyclic amines) is 1. The summed E-state index contributed by atoms with van der Waals surface area (Å²) in [5.74, 6) is 2.23. The average Bonchev–Trinajstić information content (AvgIpc) is 2.77. The molecule has 9 heteroatoms. The first-order chi connectivity index (χ1) is 16.7. The Morgan fingerprint density at radius 2 is 2.00 bits per heavy atom. The number of carboxylic acids is 1. The van der Waals surface area contributed by atoms with Gasteiger partial charge >= 0.3 is 5.97 Å². The van der Waals surface area contributed by atoms with Gasteiger partial charge in [-0.25, -0.2) is 4.98 Å². The number of aromatic nitrogens is 2. The Kier molecular flexibility index (Phi) is 6.85. The maximum atomic E-state index is 11.5. The highest BCUT2D eigenvalue weighted by molar-refractivity contribution is 6.35. The topological polar surface area (TPSA) is 81.6 Å². The number of carbonyl (C=O) groups is 1. The standard InChI is InChI=1S/C26H33Cl2N5O2/c1-16-11-30-25(31-23(16)29-12-17-5-6-20(27)8-22(17)28)33-14-19(15-33)18-4-3-7-32(13-18)21-9-26(2,10-21)24(34)35/h5-6,8,11,18-19,21H,3-4,7,9-10,12-15H2,1-2H3,(H,34,35)(H,29,30,31). The van der Waals surface area contributed by atoms with Crippen LogP contribution in [0.2, 0.25) is 10.0 Å². The van der Waals surface area contributed by atoms with Gasteiger partial charge in [0.15, 0.2) is 0 Å². The van der Waals surface area contributed by atoms with Crippen molar-refractivity contribution >= 4 is 40.9 Å². The van der Waals surface area contributed by atoms with E-state index >= 15 is 0 Å². The van der Waals surface area contributed by atoms with Gasteiger partial charge in [0, 0.05) is 54.0 Å². The third-order valence-electron chi connectivity index (χ3n) is 8.17. The van der Waals surface area contributed by atoms with Crippen molar-refractivity contribution in [3.05, 3.63) is 45.6 Å². The number of nitrogens with one attached hydrogen (secondary N) is 1. The van der Waals surface area contributed by atoms with Crippen LogP contribution in [0.1, 0.15) is 43.7 Å². The van der Waals surface area contributed by atoms with Gasteiger partial charge in [0.1, 0.15) is 5.82 Å². The number of nitrogens with zero attached hydrogens (tertiary/aromatic N) is 4. The first-order valence-electron chi connectivity index (χ1n) is 12.5. The van der Waals surface area contributed by atoms with E-state index < -0.39 is 11.4 Å². The zero-order chi connectivity index (χ0) is 24.7. The van der Waals surface area contributed by atoms with Crippen molar-refractivity contribution in [1.29, 1.82) is 0 Å². The van der Waals surface area contributed by atoms with Crippen LogP contribution in [-0.4, -0.2) is 58.2 Å². The van der Waals surface area contributed by atoms with Crippen molar-refractivity contribution in [2.45, 2.75) is 52.1 Å². The molecule has 0 amide bonds. The molecule has 1 aromatic heterocycles. The summed E-state index contributed by atoms with van der Waals surface area (Å²) in [6.07, 6.45) is 5.88. The van der Waals surface area contributed by atoms with Crippen molar-refractivity contribution in [3.63, 3.8) is 0 Å². The maximum Gasteiger partial charge on any atom is 0.309 e. The minimum Gasteiger partial charge on any atom is -0.481 e. The van der Waals surface area contributed by atoms with Crippen molar-refractivity contribution in [2.24, 2.45) is 17.3 Å². The van der Waals surface area contributed by atoms with Crippen LogP contribution in [0.3, 0.4) is 0 Å². The SMILES string of the molecule is Cc1cnc(N2CC(C3CCCN(C4CC(C)(C(=O)O)C4)C3)C2)nc1NCc1ccc(Cl)cc1Cl. The highest BCUT2D eigenvalue weighted by Gasteiger charge is 2.49. The summed E-state index contributed by atoms with van der Waals surface area (Å²) in [4.78, 5) is 25.7. The lowest BCUT2D eigenvalue weighted by molar-refractivity contribution is -0.158. The summed E-state index contributed by atoms with van der Waals surface area (Å²) < 4.78 is 0. The molecule has 0 spiro atoms. The zero-order valence-electron chi connectivity index (χ0n) is 20.3. The summed E-state index contributed by atoms with van der Waals surface area (Å²) in [5, 5.41) is 14.1. The van der Waals surface area contributed by atoms with Crippen LogP contribution >= 0.6 is 23.2 Å². The van der Waals surface area contributed by atoms with Gasteiger partial charge in [-0.2, -0.15) is 4.98 Å². The van der Waals surface area contributed by atoms with Gasteiger partial charge in [-0.3, -0.25) is 4.79 Å². The number of benzene rings is 1. The molecular weight excluding hydrogens is 485 g/mol. The van der Waals surface area contributed by atoms with E-state index in [0.717, 1.165) is 61.9 Å². The zero-order valence-corrected chi connectivity index (χ0v) is 21.8. The summed E-state index contributed by atoms with van der Waals surface area (Å²) >= 11 is 12.3. The van der Waals surface area contributed by atoms with E-state index in [1.807, 2.05) is 32.2 Å². The minimum absolute atomic E-state index is 0.429. The average molecular weight is 518 g/mol. The predicted octanol–water partition coefficient (Wildman–Crippen LogP) is 5.11. The monoisotopic (exact) mass is 517 g/mol. The van der Waals surface area contributed by atoms with Gasteiger partial charge < -0.3 is 20.2 Å². The third-order valence-corrected chi connectivity index (χ3v) is 8.76. The van der Waals surface area contributed by atoms with Crippen molar-refractivity contribution in [1.82, 2.24) is 14.9 Å². The lowest BCUT2D eigenvalue weighted by atomic mass is 9.65. The van der Waals surface area contributed by atoms with Gasteiger partial charge in [-0.1, -0.05) is 29.3 Å². The molecule has 1 saturated carbocycles. The first kappa shape index (κ1) is 24.6. The number of aryl methyl sites for hydroxylation is 1. The summed E-state index contributed by atoms with van der Waals surface area (Å²) in [7, 11) is 0. The second-order valence-corrected chi connectivity index (χ2v) is 11.6. The molecule has 2 N–H and O–H groups in total. The highest BCUT2D eigenvalue weighted by Crippen LogP contribution is 2.45. The van der Waals surface area contributed by atoms with Crippen LogP contribution in [0.5, 0.6) is 0 Å². The Morgan fingerprint density at radius 1 is 1.23 bits per heavy atom. The molecule has 2 aliphatic heterocycles. The molecule has 1 aromatic carbocycles. The van der Waals surface area contributed by atoms with Gasteiger partial charge in [0.25, 0.3) is 0 Å². The first-order valence-corrected chi connectivity index (χ1v) is 13.2. The summed E-state index contributed by atoms with van der Waals surface area (Å²) in [6, 6.07) is 5.94. The third kappa shape index (κ3) is 5.09. The molecule has 1 atom stereocenters. The number of aliphatic carboxylic acids is 1. The number of rotatable bonds is 7. The Balaban J connectivity index is 1.15. The Morgan fingerprint density at radius 3 is 2.71 bits per heavy atom. The molecule has 0 bridgehead atoms. The Bertz CT molecular complexity index is 1100. The van der Waals surface area contributed by atoms with E-state index in [1.165, 1.54) is 12.8 Å². The summed E-state index contributed by atoms with van der Waals surface area (Å²) in [6.45, 7) is 8.58. The molecule has 1 unspecified atom stereocenters. The van der Waals surface area contributed by atoms with Crippen molar-refractivity contribution in [3.8, 4) is 0 Å². The van der Waals surface area contributed by atoms with E-state index in [0.29, 0.717) is 34.5 Å². The summed E-state index contributed by atoms with van der Waals surface area (Å²) in [5.41, 5.74) is 1.43. The second-order valence-electron chi connectivity index (χ2n) is 10.8. The van der Waals surface area contributed by atoms with E-state index in [2.05, 4.69) is 20.1 Å². The van der Waals surface area contributed by atoms with Gasteiger partial charge in [-0.05, 0) is 75.6 Å². The molecule has 3 fully saturated rings. The van der Waals surface area contributed by atoms with Crippen LogP contribution in [0.4, 0.5) is 11.8 Å². The molecule has 3 aliphatic rings. The molecule has 2 saturated heterocycles. The molecule has 7 nitrogen and oxygen atoms in total. The number of halogens is 2. The molecule has 188 valence electrons. The number of hydrogen-bond donors (Lipinski definition) is 2. The molecule has 1 aliphatic carbocycles. The van der Waals surface area contributed by atoms with Gasteiger partial charge in [0.2, 0.25) is 5.95 Å². The molecule has 0 radical (unpaired) electrons. The van der Waals surface area contributed by atoms with Crippen LogP contribution < -0.4 is 10.2 Å². The fourth-order valence-electron chi connectivity index (χ4n) is 5.75. The molecule has 2 aromatic rings. The quantitative estimate of drug-likeness (QED) is 0.528. The largest absolute Gasteiger partial charge is 0.481 e. The molecular formula is C26H33Cl2N5O2. The minimum atomic E-state index is -0.653. The fraction of sp³-hybridized carbons (Fsp3) is 0.577. The Labute approximate surface area is 216 Å². The number of anilines is 2.